The van der Waals surface area contributed by atoms with E-state index in [0.29, 0.717) is 5.82 Å². The van der Waals surface area contributed by atoms with Gasteiger partial charge >= 0.3 is 0 Å². The molecule has 5 nitrogen and oxygen atoms in total. The van der Waals surface area contributed by atoms with E-state index in [1.165, 1.54) is 0 Å². The highest BCUT2D eigenvalue weighted by Gasteiger charge is 2.30. The summed E-state index contributed by atoms with van der Waals surface area (Å²) in [5.41, 5.74) is 2.45. The van der Waals surface area contributed by atoms with Gasteiger partial charge in [-0.05, 0) is 46.8 Å². The van der Waals surface area contributed by atoms with Crippen molar-refractivity contribution in [2.75, 3.05) is 0 Å². The standard InChI is InChI=1S/C14H18ClN3O2S/c1-9-6-10(2)8-11(7-9)12-16-17-13(21(15,19)20)18(12)14(3,4)5/h6-8H,1-5H3. The first kappa shape index (κ1) is 16.0. The monoisotopic (exact) mass is 327 g/mol. The van der Waals surface area contributed by atoms with Gasteiger partial charge in [0.2, 0.25) is 0 Å². The molecule has 0 fully saturated rings. The lowest BCUT2D eigenvalue weighted by Gasteiger charge is -2.24. The summed E-state index contributed by atoms with van der Waals surface area (Å²) in [5, 5.41) is 7.60. The van der Waals surface area contributed by atoms with E-state index < -0.39 is 14.6 Å². The number of hydrogen-bond donors (Lipinski definition) is 0. The first-order valence-electron chi connectivity index (χ1n) is 6.49. The van der Waals surface area contributed by atoms with Crippen LogP contribution in [0, 0.1) is 13.8 Å². The largest absolute Gasteiger partial charge is 0.296 e. The molecule has 0 spiro atoms. The molecule has 0 saturated carbocycles. The van der Waals surface area contributed by atoms with Gasteiger partial charge in [-0.1, -0.05) is 17.2 Å². The average Bonchev–Trinajstić information content (AvgIpc) is 2.70. The molecule has 1 heterocycles. The molecule has 0 atom stereocenters. The molecule has 0 aliphatic rings. The normalized spacial score (nSPS) is 12.7. The maximum atomic E-state index is 11.7. The fourth-order valence-corrected chi connectivity index (χ4v) is 3.34. The third-order valence-electron chi connectivity index (χ3n) is 3.00. The second-order valence-electron chi connectivity index (χ2n) is 6.13. The fraction of sp³-hybridized carbons (Fsp3) is 0.429. The highest BCUT2D eigenvalue weighted by molar-refractivity contribution is 8.13. The fourth-order valence-electron chi connectivity index (χ4n) is 2.32. The predicted octanol–water partition coefficient (Wildman–Crippen LogP) is 3.24. The summed E-state index contributed by atoms with van der Waals surface area (Å²) in [6, 6.07) is 5.94. The molecule has 0 aliphatic heterocycles. The molecule has 7 heteroatoms. The van der Waals surface area contributed by atoms with Gasteiger partial charge in [0.25, 0.3) is 14.2 Å². The van der Waals surface area contributed by atoms with Crippen molar-refractivity contribution in [1.29, 1.82) is 0 Å². The Morgan fingerprint density at radius 2 is 1.57 bits per heavy atom. The minimum Gasteiger partial charge on any atom is -0.291 e. The molecular formula is C14H18ClN3O2S. The third kappa shape index (κ3) is 3.27. The Morgan fingerprint density at radius 3 is 2.00 bits per heavy atom. The third-order valence-corrected chi connectivity index (χ3v) is 4.12. The number of benzene rings is 1. The van der Waals surface area contributed by atoms with Crippen LogP contribution >= 0.6 is 10.7 Å². The van der Waals surface area contributed by atoms with Crippen molar-refractivity contribution in [2.45, 2.75) is 45.3 Å². The van der Waals surface area contributed by atoms with Crippen LogP contribution in [0.15, 0.2) is 23.4 Å². The molecule has 21 heavy (non-hydrogen) atoms. The van der Waals surface area contributed by atoms with Gasteiger partial charge in [-0.3, -0.25) is 4.57 Å². The van der Waals surface area contributed by atoms with Crippen LogP contribution in [0.3, 0.4) is 0 Å². The average molecular weight is 328 g/mol. The lowest BCUT2D eigenvalue weighted by atomic mass is 10.0. The SMILES string of the molecule is Cc1cc(C)cc(-c2nnc(S(=O)(=O)Cl)n2C(C)(C)C)c1. The summed E-state index contributed by atoms with van der Waals surface area (Å²) in [6.45, 7) is 9.61. The van der Waals surface area contributed by atoms with E-state index in [-0.39, 0.29) is 5.16 Å². The zero-order valence-electron chi connectivity index (χ0n) is 12.7. The Hall–Kier alpha value is -1.40. The number of aryl methyl sites for hydroxylation is 2. The minimum atomic E-state index is -3.96. The van der Waals surface area contributed by atoms with Crippen molar-refractivity contribution in [3.8, 4) is 11.4 Å². The van der Waals surface area contributed by atoms with Gasteiger partial charge in [-0.25, -0.2) is 8.42 Å². The van der Waals surface area contributed by atoms with Crippen LogP contribution in [0.2, 0.25) is 0 Å². The molecule has 2 rings (SSSR count). The topological polar surface area (TPSA) is 64.8 Å². The van der Waals surface area contributed by atoms with Crippen molar-refractivity contribution in [3.63, 3.8) is 0 Å². The Bertz CT molecular complexity index is 769. The molecule has 0 radical (unpaired) electrons. The molecule has 114 valence electrons. The van der Waals surface area contributed by atoms with Gasteiger partial charge in [0.1, 0.15) is 0 Å². The van der Waals surface area contributed by atoms with Crippen LogP contribution in [0.25, 0.3) is 11.4 Å². The van der Waals surface area contributed by atoms with Gasteiger partial charge < -0.3 is 0 Å². The van der Waals surface area contributed by atoms with Crippen LogP contribution in [0.1, 0.15) is 31.9 Å². The number of rotatable bonds is 2. The second kappa shape index (κ2) is 5.10. The number of halogens is 1. The molecule has 1 aromatic carbocycles. The molecule has 0 aliphatic carbocycles. The van der Waals surface area contributed by atoms with E-state index in [2.05, 4.69) is 10.2 Å². The Labute approximate surface area is 129 Å². The van der Waals surface area contributed by atoms with Gasteiger partial charge in [0.15, 0.2) is 5.82 Å². The van der Waals surface area contributed by atoms with E-state index in [1.807, 2.05) is 52.8 Å². The molecule has 0 bridgehead atoms. The zero-order valence-corrected chi connectivity index (χ0v) is 14.2. The van der Waals surface area contributed by atoms with Crippen LogP contribution in [-0.2, 0) is 14.6 Å². The molecule has 0 N–H and O–H groups in total. The highest BCUT2D eigenvalue weighted by atomic mass is 35.7. The predicted molar refractivity (Wildman–Crippen MR) is 83.0 cm³/mol. The summed E-state index contributed by atoms with van der Waals surface area (Å²) in [7, 11) is 1.52. The lowest BCUT2D eigenvalue weighted by molar-refractivity contribution is 0.367. The molecule has 0 unspecified atom stereocenters. The number of hydrogen-bond acceptors (Lipinski definition) is 4. The Morgan fingerprint density at radius 1 is 1.05 bits per heavy atom. The lowest BCUT2D eigenvalue weighted by Crippen LogP contribution is -2.25. The van der Waals surface area contributed by atoms with E-state index >= 15 is 0 Å². The van der Waals surface area contributed by atoms with Gasteiger partial charge in [0.05, 0.1) is 0 Å². The second-order valence-corrected chi connectivity index (χ2v) is 8.59. The smallest absolute Gasteiger partial charge is 0.291 e. The number of nitrogens with zero attached hydrogens (tertiary/aromatic N) is 3. The van der Waals surface area contributed by atoms with Crippen LogP contribution in [0.4, 0.5) is 0 Å². The Balaban J connectivity index is 2.79. The molecule has 0 amide bonds. The summed E-state index contributed by atoms with van der Waals surface area (Å²) in [5.74, 6) is 0.494. The first-order chi connectivity index (χ1) is 9.50. The highest BCUT2D eigenvalue weighted by Crippen LogP contribution is 2.30. The van der Waals surface area contributed by atoms with Crippen molar-refractivity contribution < 1.29 is 8.42 Å². The molecule has 0 saturated heterocycles. The molecular weight excluding hydrogens is 310 g/mol. The van der Waals surface area contributed by atoms with Gasteiger partial charge in [-0.15, -0.1) is 10.2 Å². The van der Waals surface area contributed by atoms with Crippen LogP contribution in [0.5, 0.6) is 0 Å². The van der Waals surface area contributed by atoms with Crippen LogP contribution in [-0.4, -0.2) is 23.2 Å². The Kier molecular flexibility index (Phi) is 3.88. The maximum absolute atomic E-state index is 11.7. The minimum absolute atomic E-state index is 0.231. The van der Waals surface area contributed by atoms with Crippen LogP contribution < -0.4 is 0 Å². The van der Waals surface area contributed by atoms with Crippen molar-refractivity contribution >= 4 is 19.7 Å². The summed E-state index contributed by atoms with van der Waals surface area (Å²) < 4.78 is 25.0. The number of aromatic nitrogens is 3. The van der Waals surface area contributed by atoms with E-state index in [1.54, 1.807) is 4.57 Å². The van der Waals surface area contributed by atoms with Crippen molar-refractivity contribution in [2.24, 2.45) is 0 Å². The van der Waals surface area contributed by atoms with Gasteiger partial charge in [0, 0.05) is 21.8 Å². The zero-order chi connectivity index (χ0) is 16.0. The quantitative estimate of drug-likeness (QED) is 0.794. The van der Waals surface area contributed by atoms with Crippen molar-refractivity contribution in [1.82, 2.24) is 14.8 Å². The van der Waals surface area contributed by atoms with E-state index in [4.69, 9.17) is 10.7 Å². The van der Waals surface area contributed by atoms with Crippen molar-refractivity contribution in [3.05, 3.63) is 29.3 Å². The maximum Gasteiger partial charge on any atom is 0.296 e. The summed E-state index contributed by atoms with van der Waals surface area (Å²) in [4.78, 5) is 0. The molecule has 2 aromatic rings. The molecule has 1 aromatic heterocycles. The first-order valence-corrected chi connectivity index (χ1v) is 8.80. The van der Waals surface area contributed by atoms with E-state index in [9.17, 15) is 8.42 Å². The van der Waals surface area contributed by atoms with Gasteiger partial charge in [-0.2, -0.15) is 0 Å². The summed E-state index contributed by atoms with van der Waals surface area (Å²) >= 11 is 0. The summed E-state index contributed by atoms with van der Waals surface area (Å²) in [6.07, 6.45) is 0. The van der Waals surface area contributed by atoms with E-state index in [0.717, 1.165) is 16.7 Å².